The molecule has 0 aromatic carbocycles. The van der Waals surface area contributed by atoms with E-state index >= 15 is 0 Å². The highest BCUT2D eigenvalue weighted by atomic mass is 16.5. The summed E-state index contributed by atoms with van der Waals surface area (Å²) >= 11 is 0. The Bertz CT molecular complexity index is 186. The Morgan fingerprint density at radius 2 is 1.85 bits per heavy atom. The highest BCUT2D eigenvalue weighted by Crippen LogP contribution is 2.06. The zero-order valence-electron chi connectivity index (χ0n) is 7.87. The van der Waals surface area contributed by atoms with E-state index in [4.69, 9.17) is 4.74 Å². The molecule has 2 rings (SSSR count). The zero-order valence-corrected chi connectivity index (χ0v) is 7.87. The van der Waals surface area contributed by atoms with Gasteiger partial charge in [0, 0.05) is 39.1 Å². The van der Waals surface area contributed by atoms with Crippen molar-refractivity contribution >= 4 is 5.91 Å². The first-order valence-corrected chi connectivity index (χ1v) is 4.94. The van der Waals surface area contributed by atoms with Crippen molar-refractivity contribution in [3.63, 3.8) is 0 Å². The van der Waals surface area contributed by atoms with E-state index < -0.39 is 0 Å². The van der Waals surface area contributed by atoms with E-state index in [9.17, 15) is 4.79 Å². The number of hydrogen-bond donors (Lipinski definition) is 0. The van der Waals surface area contributed by atoms with E-state index in [1.54, 1.807) is 0 Å². The lowest BCUT2D eigenvalue weighted by Crippen LogP contribution is -2.41. The van der Waals surface area contributed by atoms with Gasteiger partial charge in [0.25, 0.3) is 0 Å². The van der Waals surface area contributed by atoms with Crippen molar-refractivity contribution in [2.24, 2.45) is 0 Å². The van der Waals surface area contributed by atoms with Crippen LogP contribution in [0.25, 0.3) is 0 Å². The van der Waals surface area contributed by atoms with E-state index in [0.29, 0.717) is 19.6 Å². The molecule has 0 aliphatic carbocycles. The molecule has 2 heterocycles. The van der Waals surface area contributed by atoms with Gasteiger partial charge in [-0.3, -0.25) is 4.79 Å². The maximum absolute atomic E-state index is 11.6. The molecule has 0 aromatic rings. The van der Waals surface area contributed by atoms with E-state index in [2.05, 4.69) is 4.90 Å². The van der Waals surface area contributed by atoms with Gasteiger partial charge in [-0.1, -0.05) is 0 Å². The van der Waals surface area contributed by atoms with Gasteiger partial charge in [-0.2, -0.15) is 0 Å². The highest BCUT2D eigenvalue weighted by molar-refractivity contribution is 5.76. The molecule has 13 heavy (non-hydrogen) atoms. The van der Waals surface area contributed by atoms with Crippen LogP contribution in [0.2, 0.25) is 0 Å². The molecule has 2 aliphatic heterocycles. The zero-order chi connectivity index (χ0) is 9.10. The summed E-state index contributed by atoms with van der Waals surface area (Å²) in [4.78, 5) is 15.8. The molecule has 4 heteroatoms. The quantitative estimate of drug-likeness (QED) is 0.557. The molecule has 0 saturated carbocycles. The van der Waals surface area contributed by atoms with Gasteiger partial charge in [0.05, 0.1) is 13.2 Å². The van der Waals surface area contributed by atoms with Gasteiger partial charge < -0.3 is 14.5 Å². The lowest BCUT2D eigenvalue weighted by atomic mass is 10.3. The summed E-state index contributed by atoms with van der Waals surface area (Å²) in [5.41, 5.74) is 0. The van der Waals surface area contributed by atoms with Crippen molar-refractivity contribution < 1.29 is 9.53 Å². The first-order valence-electron chi connectivity index (χ1n) is 4.94. The Morgan fingerprint density at radius 3 is 2.46 bits per heavy atom. The van der Waals surface area contributed by atoms with Crippen molar-refractivity contribution in [3.8, 4) is 0 Å². The number of carbonyl (C=O) groups excluding carboxylic acids is 1. The summed E-state index contributed by atoms with van der Waals surface area (Å²) < 4.78 is 5.18. The fraction of sp³-hybridized carbons (Fsp3) is 0.889. The van der Waals surface area contributed by atoms with E-state index in [1.165, 1.54) is 13.1 Å². The van der Waals surface area contributed by atoms with Crippen LogP contribution in [0.1, 0.15) is 6.42 Å². The third-order valence-electron chi connectivity index (χ3n) is 2.55. The molecule has 0 spiro atoms. The van der Waals surface area contributed by atoms with Crippen LogP contribution in [0.3, 0.4) is 0 Å². The molecule has 74 valence electrons. The maximum atomic E-state index is 11.6. The second kappa shape index (κ2) is 4.07. The SMILES string of the molecule is O=C(CCN1CC1)N1CCOCC1. The van der Waals surface area contributed by atoms with Crippen LogP contribution in [-0.2, 0) is 9.53 Å². The minimum atomic E-state index is 0.287. The summed E-state index contributed by atoms with van der Waals surface area (Å²) in [6.07, 6.45) is 0.681. The molecule has 2 aliphatic rings. The average molecular weight is 184 g/mol. The Balaban J connectivity index is 1.67. The molecule has 2 fully saturated rings. The molecule has 0 unspecified atom stereocenters. The largest absolute Gasteiger partial charge is 0.378 e. The fourth-order valence-electron chi connectivity index (χ4n) is 1.52. The Hall–Kier alpha value is -0.610. The van der Waals surface area contributed by atoms with Gasteiger partial charge in [0.2, 0.25) is 5.91 Å². The van der Waals surface area contributed by atoms with Crippen LogP contribution in [0, 0.1) is 0 Å². The van der Waals surface area contributed by atoms with Crippen LogP contribution < -0.4 is 0 Å². The normalized spacial score (nSPS) is 23.2. The summed E-state index contributed by atoms with van der Waals surface area (Å²) in [6.45, 7) is 6.26. The van der Waals surface area contributed by atoms with Gasteiger partial charge in [0.15, 0.2) is 0 Å². The molecule has 0 bridgehead atoms. The van der Waals surface area contributed by atoms with Crippen molar-refractivity contribution in [2.75, 3.05) is 45.9 Å². The van der Waals surface area contributed by atoms with Crippen LogP contribution in [0.15, 0.2) is 0 Å². The predicted molar refractivity (Wildman–Crippen MR) is 48.5 cm³/mol. The standard InChI is InChI=1S/C9H16N2O2/c12-9(1-2-10-3-4-10)11-5-7-13-8-6-11/h1-8H2. The van der Waals surface area contributed by atoms with Gasteiger partial charge >= 0.3 is 0 Å². The molecular formula is C9H16N2O2. The monoisotopic (exact) mass is 184 g/mol. The molecule has 0 atom stereocenters. The number of rotatable bonds is 3. The Morgan fingerprint density at radius 1 is 1.15 bits per heavy atom. The fourth-order valence-corrected chi connectivity index (χ4v) is 1.52. The lowest BCUT2D eigenvalue weighted by Gasteiger charge is -2.26. The Labute approximate surface area is 78.4 Å². The third-order valence-corrected chi connectivity index (χ3v) is 2.55. The smallest absolute Gasteiger partial charge is 0.224 e. The van der Waals surface area contributed by atoms with E-state index in [0.717, 1.165) is 19.6 Å². The van der Waals surface area contributed by atoms with Crippen LogP contribution in [0.5, 0.6) is 0 Å². The van der Waals surface area contributed by atoms with Gasteiger partial charge in [-0.25, -0.2) is 0 Å². The number of carbonyl (C=O) groups is 1. The molecule has 4 nitrogen and oxygen atoms in total. The topological polar surface area (TPSA) is 32.5 Å². The maximum Gasteiger partial charge on any atom is 0.224 e. The summed E-state index contributed by atoms with van der Waals surface area (Å²) in [5.74, 6) is 0.287. The summed E-state index contributed by atoms with van der Waals surface area (Å²) in [5, 5.41) is 0. The van der Waals surface area contributed by atoms with Crippen molar-refractivity contribution in [1.29, 1.82) is 0 Å². The third kappa shape index (κ3) is 2.67. The molecule has 0 aromatic heterocycles. The number of morpholine rings is 1. The minimum Gasteiger partial charge on any atom is -0.378 e. The Kier molecular flexibility index (Phi) is 2.80. The van der Waals surface area contributed by atoms with Gasteiger partial charge in [0.1, 0.15) is 0 Å². The minimum absolute atomic E-state index is 0.287. The van der Waals surface area contributed by atoms with E-state index in [-0.39, 0.29) is 5.91 Å². The van der Waals surface area contributed by atoms with Crippen LogP contribution in [0.4, 0.5) is 0 Å². The molecule has 2 saturated heterocycles. The molecular weight excluding hydrogens is 168 g/mol. The first kappa shape index (κ1) is 8.97. The predicted octanol–water partition coefficient (Wildman–Crippen LogP) is -0.449. The van der Waals surface area contributed by atoms with Crippen LogP contribution in [-0.4, -0.2) is 61.6 Å². The lowest BCUT2D eigenvalue weighted by molar-refractivity contribution is -0.135. The second-order valence-corrected chi connectivity index (χ2v) is 3.58. The van der Waals surface area contributed by atoms with Crippen LogP contribution >= 0.6 is 0 Å². The van der Waals surface area contributed by atoms with E-state index in [1.807, 2.05) is 4.90 Å². The molecule has 0 radical (unpaired) electrons. The second-order valence-electron chi connectivity index (χ2n) is 3.58. The highest BCUT2D eigenvalue weighted by Gasteiger charge is 2.21. The number of nitrogens with zero attached hydrogens (tertiary/aromatic N) is 2. The van der Waals surface area contributed by atoms with Crippen molar-refractivity contribution in [1.82, 2.24) is 9.80 Å². The van der Waals surface area contributed by atoms with Crippen molar-refractivity contribution in [3.05, 3.63) is 0 Å². The first-order chi connectivity index (χ1) is 6.36. The number of hydrogen-bond acceptors (Lipinski definition) is 3. The molecule has 1 amide bonds. The summed E-state index contributed by atoms with van der Waals surface area (Å²) in [7, 11) is 0. The molecule has 0 N–H and O–H groups in total. The summed E-state index contributed by atoms with van der Waals surface area (Å²) in [6, 6.07) is 0. The van der Waals surface area contributed by atoms with Gasteiger partial charge in [-0.15, -0.1) is 0 Å². The van der Waals surface area contributed by atoms with Crippen molar-refractivity contribution in [2.45, 2.75) is 6.42 Å². The number of amides is 1. The average Bonchev–Trinajstić information content (AvgIpc) is 2.99. The van der Waals surface area contributed by atoms with Gasteiger partial charge in [-0.05, 0) is 0 Å². The number of ether oxygens (including phenoxy) is 1.